The van der Waals surface area contributed by atoms with Crippen LogP contribution in [-0.4, -0.2) is 29.3 Å². The van der Waals surface area contributed by atoms with Crippen LogP contribution >= 0.6 is 11.8 Å². The molecule has 1 aromatic carbocycles. The first-order chi connectivity index (χ1) is 8.27. The molecule has 4 heteroatoms. The van der Waals surface area contributed by atoms with E-state index in [2.05, 4.69) is 0 Å². The normalized spacial score (nSPS) is 19.1. The molecule has 0 radical (unpaired) electrons. The van der Waals surface area contributed by atoms with Crippen molar-refractivity contribution in [3.63, 3.8) is 0 Å². The summed E-state index contributed by atoms with van der Waals surface area (Å²) in [5, 5.41) is 10.7. The zero-order valence-corrected chi connectivity index (χ0v) is 10.7. The van der Waals surface area contributed by atoms with E-state index in [1.54, 1.807) is 0 Å². The third kappa shape index (κ3) is 3.63. The quantitative estimate of drug-likeness (QED) is 0.808. The van der Waals surface area contributed by atoms with Crippen LogP contribution in [0.2, 0.25) is 0 Å². The number of hydrogen-bond acceptors (Lipinski definition) is 4. The Morgan fingerprint density at radius 1 is 1.35 bits per heavy atom. The summed E-state index contributed by atoms with van der Waals surface area (Å²) < 4.78 is 5.31. The SMILES string of the molecule is Nc1ccccc1C(O)CSC1CCOCC1. The fourth-order valence-electron chi connectivity index (χ4n) is 1.97. The lowest BCUT2D eigenvalue weighted by molar-refractivity contribution is 0.0998. The number of thioether (sulfide) groups is 1. The van der Waals surface area contributed by atoms with Gasteiger partial charge >= 0.3 is 0 Å². The molecule has 0 aliphatic carbocycles. The molecule has 0 saturated carbocycles. The first-order valence-corrected chi connectivity index (χ1v) is 7.04. The monoisotopic (exact) mass is 253 g/mol. The van der Waals surface area contributed by atoms with E-state index in [0.717, 1.165) is 31.6 Å². The number of rotatable bonds is 4. The van der Waals surface area contributed by atoms with Gasteiger partial charge < -0.3 is 15.6 Å². The summed E-state index contributed by atoms with van der Waals surface area (Å²) in [5.41, 5.74) is 7.35. The number of para-hydroxylation sites is 1. The van der Waals surface area contributed by atoms with E-state index in [1.165, 1.54) is 0 Å². The van der Waals surface area contributed by atoms with Crippen LogP contribution in [0.1, 0.15) is 24.5 Å². The van der Waals surface area contributed by atoms with Gasteiger partial charge in [0.1, 0.15) is 0 Å². The molecule has 1 saturated heterocycles. The molecule has 1 unspecified atom stereocenters. The molecule has 1 atom stereocenters. The summed E-state index contributed by atoms with van der Waals surface area (Å²) >= 11 is 1.82. The average Bonchev–Trinajstić information content (AvgIpc) is 2.38. The standard InChI is InChI=1S/C13H19NO2S/c14-12-4-2-1-3-11(12)13(15)9-17-10-5-7-16-8-6-10/h1-4,10,13,15H,5-9,14H2. The lowest BCUT2D eigenvalue weighted by Crippen LogP contribution is -2.19. The van der Waals surface area contributed by atoms with Crippen molar-refractivity contribution in [3.8, 4) is 0 Å². The lowest BCUT2D eigenvalue weighted by Gasteiger charge is -2.23. The number of nitrogen functional groups attached to an aromatic ring is 1. The predicted molar refractivity (Wildman–Crippen MR) is 72.1 cm³/mol. The van der Waals surface area contributed by atoms with Gasteiger partial charge in [-0.05, 0) is 18.9 Å². The van der Waals surface area contributed by atoms with Gasteiger partial charge in [-0.3, -0.25) is 0 Å². The van der Waals surface area contributed by atoms with Crippen molar-refractivity contribution in [2.45, 2.75) is 24.2 Å². The van der Waals surface area contributed by atoms with Crippen LogP contribution in [0.3, 0.4) is 0 Å². The van der Waals surface area contributed by atoms with Crippen LogP contribution in [0, 0.1) is 0 Å². The summed E-state index contributed by atoms with van der Waals surface area (Å²) in [6, 6.07) is 7.52. The molecule has 0 bridgehead atoms. The molecule has 94 valence electrons. The van der Waals surface area contributed by atoms with Crippen molar-refractivity contribution in [1.29, 1.82) is 0 Å². The number of anilines is 1. The van der Waals surface area contributed by atoms with Gasteiger partial charge in [0.05, 0.1) is 6.10 Å². The fourth-order valence-corrected chi connectivity index (χ4v) is 3.13. The highest BCUT2D eigenvalue weighted by molar-refractivity contribution is 7.99. The maximum Gasteiger partial charge on any atom is 0.0900 e. The first kappa shape index (κ1) is 12.7. The second kappa shape index (κ2) is 6.28. The van der Waals surface area contributed by atoms with Crippen LogP contribution in [0.4, 0.5) is 5.69 Å². The number of aliphatic hydroxyl groups is 1. The number of ether oxygens (including phenoxy) is 1. The molecule has 17 heavy (non-hydrogen) atoms. The zero-order valence-electron chi connectivity index (χ0n) is 9.84. The minimum absolute atomic E-state index is 0.468. The van der Waals surface area contributed by atoms with E-state index in [9.17, 15) is 5.11 Å². The Morgan fingerprint density at radius 3 is 2.76 bits per heavy atom. The van der Waals surface area contributed by atoms with Crippen LogP contribution in [-0.2, 0) is 4.74 Å². The highest BCUT2D eigenvalue weighted by Gasteiger charge is 2.17. The van der Waals surface area contributed by atoms with Gasteiger partial charge in [-0.25, -0.2) is 0 Å². The average molecular weight is 253 g/mol. The minimum Gasteiger partial charge on any atom is -0.398 e. The number of nitrogens with two attached hydrogens (primary N) is 1. The molecular formula is C13H19NO2S. The molecule has 3 N–H and O–H groups in total. The van der Waals surface area contributed by atoms with Gasteiger partial charge in [0.15, 0.2) is 0 Å². The molecule has 1 fully saturated rings. The smallest absolute Gasteiger partial charge is 0.0900 e. The van der Waals surface area contributed by atoms with E-state index in [4.69, 9.17) is 10.5 Å². The molecule has 0 amide bonds. The Bertz CT molecular complexity index is 353. The highest BCUT2D eigenvalue weighted by Crippen LogP contribution is 2.28. The van der Waals surface area contributed by atoms with E-state index < -0.39 is 6.10 Å². The number of hydrogen-bond donors (Lipinski definition) is 2. The Kier molecular flexibility index (Phi) is 4.71. The molecular weight excluding hydrogens is 234 g/mol. The molecule has 3 nitrogen and oxygen atoms in total. The maximum absolute atomic E-state index is 10.1. The summed E-state index contributed by atoms with van der Waals surface area (Å²) in [6.45, 7) is 1.70. The highest BCUT2D eigenvalue weighted by atomic mass is 32.2. The van der Waals surface area contributed by atoms with Gasteiger partial charge in [-0.1, -0.05) is 18.2 Å². The van der Waals surface area contributed by atoms with Gasteiger partial charge in [-0.15, -0.1) is 0 Å². The van der Waals surface area contributed by atoms with Crippen LogP contribution in [0.5, 0.6) is 0 Å². The van der Waals surface area contributed by atoms with E-state index in [0.29, 0.717) is 16.7 Å². The minimum atomic E-state index is -0.468. The fraction of sp³-hybridized carbons (Fsp3) is 0.538. The van der Waals surface area contributed by atoms with Crippen molar-refractivity contribution in [2.24, 2.45) is 0 Å². The Morgan fingerprint density at radius 2 is 2.06 bits per heavy atom. The van der Waals surface area contributed by atoms with Crippen LogP contribution in [0.25, 0.3) is 0 Å². The number of benzene rings is 1. The molecule has 1 aliphatic rings. The van der Waals surface area contributed by atoms with Crippen molar-refractivity contribution in [1.82, 2.24) is 0 Å². The van der Waals surface area contributed by atoms with E-state index in [-0.39, 0.29) is 0 Å². The van der Waals surface area contributed by atoms with Crippen LogP contribution in [0.15, 0.2) is 24.3 Å². The number of aliphatic hydroxyl groups excluding tert-OH is 1. The summed E-state index contributed by atoms with van der Waals surface area (Å²) in [7, 11) is 0. The Hall–Kier alpha value is -0.710. The zero-order chi connectivity index (χ0) is 12.1. The Labute approximate surface area is 106 Å². The molecule has 1 aromatic rings. The van der Waals surface area contributed by atoms with Crippen molar-refractivity contribution in [3.05, 3.63) is 29.8 Å². The second-order valence-corrected chi connectivity index (χ2v) is 5.62. The molecule has 1 heterocycles. The first-order valence-electron chi connectivity index (χ1n) is 5.99. The maximum atomic E-state index is 10.1. The summed E-state index contributed by atoms with van der Waals surface area (Å²) in [5.74, 6) is 0.707. The topological polar surface area (TPSA) is 55.5 Å². The van der Waals surface area contributed by atoms with Gasteiger partial charge in [0.25, 0.3) is 0 Å². The van der Waals surface area contributed by atoms with Gasteiger partial charge in [0, 0.05) is 35.5 Å². The second-order valence-electron chi connectivity index (χ2n) is 4.29. The largest absolute Gasteiger partial charge is 0.398 e. The third-order valence-corrected chi connectivity index (χ3v) is 4.46. The Balaban J connectivity index is 1.84. The van der Waals surface area contributed by atoms with Gasteiger partial charge in [-0.2, -0.15) is 11.8 Å². The summed E-state index contributed by atoms with van der Waals surface area (Å²) in [4.78, 5) is 0. The third-order valence-electron chi connectivity index (χ3n) is 3.01. The predicted octanol–water partition coefficient (Wildman–Crippen LogP) is 2.21. The molecule has 2 rings (SSSR count). The molecule has 1 aliphatic heterocycles. The van der Waals surface area contributed by atoms with Crippen LogP contribution < -0.4 is 5.73 Å². The van der Waals surface area contributed by atoms with E-state index >= 15 is 0 Å². The van der Waals surface area contributed by atoms with Crippen molar-refractivity contribution in [2.75, 3.05) is 24.7 Å². The van der Waals surface area contributed by atoms with Crippen molar-refractivity contribution < 1.29 is 9.84 Å². The van der Waals surface area contributed by atoms with Crippen molar-refractivity contribution >= 4 is 17.4 Å². The van der Waals surface area contributed by atoms with E-state index in [1.807, 2.05) is 36.0 Å². The molecule has 0 aromatic heterocycles. The van der Waals surface area contributed by atoms with Gasteiger partial charge in [0.2, 0.25) is 0 Å². The summed E-state index contributed by atoms with van der Waals surface area (Å²) in [6.07, 6.45) is 1.70. The molecule has 0 spiro atoms. The lowest BCUT2D eigenvalue weighted by atomic mass is 10.1.